The Morgan fingerprint density at radius 2 is 2.47 bits per heavy atom. The highest BCUT2D eigenvalue weighted by Crippen LogP contribution is 2.12. The normalized spacial score (nSPS) is 20.3. The average molecular weight is 232 g/mol. The fraction of sp³-hybridized carbons (Fsp3) is 0.900. The van der Waals surface area contributed by atoms with Crippen LogP contribution < -0.4 is 5.32 Å². The van der Waals surface area contributed by atoms with E-state index in [-0.39, 0.29) is 0 Å². The number of methoxy groups -OCH3 is 1. The molecule has 0 spiro atoms. The van der Waals surface area contributed by atoms with Crippen molar-refractivity contribution in [3.8, 4) is 0 Å². The van der Waals surface area contributed by atoms with Crippen molar-refractivity contribution in [3.63, 3.8) is 0 Å². The van der Waals surface area contributed by atoms with Crippen LogP contribution in [0.1, 0.15) is 12.8 Å². The molecule has 0 amide bonds. The lowest BCUT2D eigenvalue weighted by Gasteiger charge is -2.23. The molecular weight excluding hydrogens is 212 g/mol. The van der Waals surface area contributed by atoms with E-state index in [0.29, 0.717) is 12.7 Å². The second-order valence-corrected chi connectivity index (χ2v) is 4.13. The highest BCUT2D eigenvalue weighted by Gasteiger charge is 2.18. The summed E-state index contributed by atoms with van der Waals surface area (Å²) in [6.07, 6.45) is 2.66. The molecule has 0 aromatic rings. The van der Waals surface area contributed by atoms with Gasteiger partial charge in [-0.3, -0.25) is 0 Å². The van der Waals surface area contributed by atoms with Gasteiger partial charge in [-0.1, -0.05) is 0 Å². The van der Waals surface area contributed by atoms with Crippen molar-refractivity contribution < 1.29 is 9.47 Å². The Bertz CT molecular complexity index is 196. The molecule has 1 unspecified atom stereocenters. The van der Waals surface area contributed by atoms with Gasteiger partial charge in [0.05, 0.1) is 12.7 Å². The van der Waals surface area contributed by atoms with Gasteiger partial charge in [0.1, 0.15) is 0 Å². The van der Waals surface area contributed by atoms with Gasteiger partial charge in [-0.05, 0) is 25.1 Å². The molecular formula is C10H20N2O2S. The maximum absolute atomic E-state index is 5.55. The second kappa shape index (κ2) is 6.98. The van der Waals surface area contributed by atoms with Gasteiger partial charge < -0.3 is 19.7 Å². The van der Waals surface area contributed by atoms with E-state index in [2.05, 4.69) is 5.32 Å². The van der Waals surface area contributed by atoms with Gasteiger partial charge in [0, 0.05) is 33.9 Å². The number of rotatable bonds is 5. The molecule has 0 radical (unpaired) electrons. The van der Waals surface area contributed by atoms with E-state index >= 15 is 0 Å². The van der Waals surface area contributed by atoms with Crippen LogP contribution in [0.2, 0.25) is 0 Å². The van der Waals surface area contributed by atoms with Crippen LogP contribution in [0.25, 0.3) is 0 Å². The van der Waals surface area contributed by atoms with E-state index in [1.54, 1.807) is 7.11 Å². The van der Waals surface area contributed by atoms with Crippen LogP contribution in [-0.2, 0) is 9.47 Å². The summed E-state index contributed by atoms with van der Waals surface area (Å²) in [5.41, 5.74) is 0. The molecule has 4 nitrogen and oxygen atoms in total. The maximum atomic E-state index is 5.55. The van der Waals surface area contributed by atoms with E-state index in [1.807, 2.05) is 11.9 Å². The molecule has 0 aromatic carbocycles. The molecule has 1 aliphatic rings. The third-order valence-corrected chi connectivity index (χ3v) is 2.89. The summed E-state index contributed by atoms with van der Waals surface area (Å²) in [7, 11) is 3.67. The third kappa shape index (κ3) is 4.77. The first-order chi connectivity index (χ1) is 7.24. The summed E-state index contributed by atoms with van der Waals surface area (Å²) in [5.74, 6) is 0. The minimum absolute atomic E-state index is 0.345. The minimum atomic E-state index is 0.345. The average Bonchev–Trinajstić information content (AvgIpc) is 2.70. The SMILES string of the molecule is COCCNC(=S)N(C)CC1CCCO1. The molecule has 88 valence electrons. The molecule has 1 atom stereocenters. The van der Waals surface area contributed by atoms with E-state index in [0.717, 1.165) is 31.2 Å². The van der Waals surface area contributed by atoms with Gasteiger partial charge in [-0.15, -0.1) is 0 Å². The van der Waals surface area contributed by atoms with Crippen LogP contribution in [-0.4, -0.2) is 56.6 Å². The summed E-state index contributed by atoms with van der Waals surface area (Å²) < 4.78 is 10.5. The number of ether oxygens (including phenoxy) is 2. The van der Waals surface area contributed by atoms with Crippen LogP contribution in [0.3, 0.4) is 0 Å². The third-order valence-electron chi connectivity index (χ3n) is 2.43. The van der Waals surface area contributed by atoms with Crippen LogP contribution >= 0.6 is 12.2 Å². The lowest BCUT2D eigenvalue weighted by Crippen LogP contribution is -2.42. The molecule has 1 N–H and O–H groups in total. The Kier molecular flexibility index (Phi) is 5.90. The minimum Gasteiger partial charge on any atom is -0.383 e. The first-order valence-corrected chi connectivity index (χ1v) is 5.74. The van der Waals surface area contributed by atoms with Crippen LogP contribution in [0.15, 0.2) is 0 Å². The van der Waals surface area contributed by atoms with Gasteiger partial charge in [-0.25, -0.2) is 0 Å². The topological polar surface area (TPSA) is 33.7 Å². The summed E-state index contributed by atoms with van der Waals surface area (Å²) in [5, 5.41) is 3.90. The Hall–Kier alpha value is -0.390. The summed E-state index contributed by atoms with van der Waals surface area (Å²) >= 11 is 5.23. The Morgan fingerprint density at radius 3 is 3.07 bits per heavy atom. The molecule has 15 heavy (non-hydrogen) atoms. The van der Waals surface area contributed by atoms with Crippen molar-refractivity contribution in [2.75, 3.05) is 40.5 Å². The molecule has 1 heterocycles. The highest BCUT2D eigenvalue weighted by molar-refractivity contribution is 7.80. The molecule has 0 aliphatic carbocycles. The van der Waals surface area contributed by atoms with Crippen LogP contribution in [0.4, 0.5) is 0 Å². The van der Waals surface area contributed by atoms with E-state index in [1.165, 1.54) is 6.42 Å². The number of likely N-dealkylation sites (N-methyl/N-ethyl adjacent to an activating group) is 1. The molecule has 1 fully saturated rings. The van der Waals surface area contributed by atoms with E-state index in [4.69, 9.17) is 21.7 Å². The predicted molar refractivity (Wildman–Crippen MR) is 64.1 cm³/mol. The Balaban J connectivity index is 2.14. The smallest absolute Gasteiger partial charge is 0.168 e. The van der Waals surface area contributed by atoms with Crippen LogP contribution in [0, 0.1) is 0 Å². The molecule has 0 bridgehead atoms. The lowest BCUT2D eigenvalue weighted by molar-refractivity contribution is 0.0956. The van der Waals surface area contributed by atoms with Crippen LogP contribution in [0.5, 0.6) is 0 Å². The number of thiocarbonyl (C=S) groups is 1. The Morgan fingerprint density at radius 1 is 1.67 bits per heavy atom. The zero-order valence-electron chi connectivity index (χ0n) is 9.49. The molecule has 0 aromatic heterocycles. The van der Waals surface area contributed by atoms with Crippen molar-refractivity contribution >= 4 is 17.3 Å². The first-order valence-electron chi connectivity index (χ1n) is 5.33. The highest BCUT2D eigenvalue weighted by atomic mass is 32.1. The fourth-order valence-electron chi connectivity index (χ4n) is 1.57. The Labute approximate surface area is 96.9 Å². The molecule has 1 rings (SSSR count). The van der Waals surface area contributed by atoms with Crippen molar-refractivity contribution in [1.29, 1.82) is 0 Å². The van der Waals surface area contributed by atoms with E-state index < -0.39 is 0 Å². The quantitative estimate of drug-likeness (QED) is 0.555. The zero-order valence-corrected chi connectivity index (χ0v) is 10.3. The molecule has 1 saturated heterocycles. The first kappa shape index (κ1) is 12.7. The summed E-state index contributed by atoms with van der Waals surface area (Å²) in [6.45, 7) is 3.19. The second-order valence-electron chi connectivity index (χ2n) is 3.74. The van der Waals surface area contributed by atoms with Crippen molar-refractivity contribution in [1.82, 2.24) is 10.2 Å². The van der Waals surface area contributed by atoms with Gasteiger partial charge in [0.2, 0.25) is 0 Å². The summed E-state index contributed by atoms with van der Waals surface area (Å²) in [4.78, 5) is 2.03. The molecule has 1 aliphatic heterocycles. The van der Waals surface area contributed by atoms with Crippen molar-refractivity contribution in [3.05, 3.63) is 0 Å². The predicted octanol–water partition coefficient (Wildman–Crippen LogP) is 0.618. The molecule has 5 heteroatoms. The fourth-order valence-corrected chi connectivity index (χ4v) is 1.75. The number of hydrogen-bond donors (Lipinski definition) is 1. The van der Waals surface area contributed by atoms with Gasteiger partial charge in [0.15, 0.2) is 5.11 Å². The standard InChI is InChI=1S/C10H20N2O2S/c1-12(8-9-4-3-6-14-9)10(15)11-5-7-13-2/h9H,3-8H2,1-2H3,(H,11,15). The number of hydrogen-bond acceptors (Lipinski definition) is 3. The van der Waals surface area contributed by atoms with Crippen molar-refractivity contribution in [2.45, 2.75) is 18.9 Å². The van der Waals surface area contributed by atoms with E-state index in [9.17, 15) is 0 Å². The maximum Gasteiger partial charge on any atom is 0.168 e. The number of nitrogens with zero attached hydrogens (tertiary/aromatic N) is 1. The van der Waals surface area contributed by atoms with Gasteiger partial charge in [-0.2, -0.15) is 0 Å². The van der Waals surface area contributed by atoms with Gasteiger partial charge in [0.25, 0.3) is 0 Å². The molecule has 0 saturated carbocycles. The zero-order chi connectivity index (χ0) is 11.1. The van der Waals surface area contributed by atoms with Crippen molar-refractivity contribution in [2.24, 2.45) is 0 Å². The number of nitrogens with one attached hydrogen (secondary N) is 1. The lowest BCUT2D eigenvalue weighted by atomic mass is 10.2. The summed E-state index contributed by atoms with van der Waals surface area (Å²) in [6, 6.07) is 0. The van der Waals surface area contributed by atoms with Gasteiger partial charge >= 0.3 is 0 Å². The largest absolute Gasteiger partial charge is 0.383 e. The monoisotopic (exact) mass is 232 g/mol.